The van der Waals surface area contributed by atoms with Gasteiger partial charge < -0.3 is 14.3 Å². The highest BCUT2D eigenvalue weighted by Crippen LogP contribution is 2.33. The maximum absolute atomic E-state index is 12.3. The summed E-state index contributed by atoms with van der Waals surface area (Å²) in [5.41, 5.74) is 1.61. The van der Waals surface area contributed by atoms with E-state index in [-0.39, 0.29) is 10.5 Å². The first kappa shape index (κ1) is 19.4. The molecule has 0 unspecified atom stereocenters. The Hall–Kier alpha value is -3.33. The van der Waals surface area contributed by atoms with Gasteiger partial charge in [0.05, 0.1) is 17.6 Å². The third-order valence-corrected chi connectivity index (χ3v) is 4.93. The van der Waals surface area contributed by atoms with Gasteiger partial charge >= 0.3 is 11.9 Å². The number of carbonyl (C=O) groups excluding carboxylic acids is 3. The molecule has 3 rings (SSSR count). The Bertz CT molecular complexity index is 1020. The van der Waals surface area contributed by atoms with Gasteiger partial charge in [-0.15, -0.1) is 0 Å². The molecule has 2 heterocycles. The zero-order valence-corrected chi connectivity index (χ0v) is 15.7. The average molecular weight is 401 g/mol. The van der Waals surface area contributed by atoms with Gasteiger partial charge in [-0.3, -0.25) is 19.3 Å². The van der Waals surface area contributed by atoms with Crippen LogP contribution in [-0.2, 0) is 14.3 Å². The van der Waals surface area contributed by atoms with E-state index >= 15 is 0 Å². The minimum Gasteiger partial charge on any atom is -0.478 e. The Kier molecular flexibility index (Phi) is 5.36. The lowest BCUT2D eigenvalue weighted by atomic mass is 10.0. The molecule has 0 radical (unpaired) electrons. The summed E-state index contributed by atoms with van der Waals surface area (Å²) in [5, 5.41) is 8.48. The van der Waals surface area contributed by atoms with Crippen LogP contribution >= 0.6 is 11.8 Å². The van der Waals surface area contributed by atoms with Crippen molar-refractivity contribution < 1.29 is 33.4 Å². The number of rotatable bonds is 5. The molecule has 28 heavy (non-hydrogen) atoms. The van der Waals surface area contributed by atoms with Crippen LogP contribution in [0.3, 0.4) is 0 Å². The number of thioether (sulfide) groups is 1. The lowest BCUT2D eigenvalue weighted by Gasteiger charge is -2.09. The van der Waals surface area contributed by atoms with E-state index < -0.39 is 29.6 Å². The van der Waals surface area contributed by atoms with E-state index in [1.807, 2.05) is 0 Å². The van der Waals surface area contributed by atoms with Crippen molar-refractivity contribution in [2.24, 2.45) is 0 Å². The minimum atomic E-state index is -1.02. The molecule has 1 fully saturated rings. The number of hydrogen-bond acceptors (Lipinski definition) is 7. The van der Waals surface area contributed by atoms with Gasteiger partial charge in [-0.1, -0.05) is 6.07 Å². The molecule has 1 saturated heterocycles. The van der Waals surface area contributed by atoms with Crippen molar-refractivity contribution in [3.8, 4) is 11.3 Å². The second kappa shape index (κ2) is 7.73. The average Bonchev–Trinajstić information content (AvgIpc) is 3.21. The second-order valence-corrected chi connectivity index (χ2v) is 6.87. The zero-order chi connectivity index (χ0) is 20.4. The summed E-state index contributed by atoms with van der Waals surface area (Å²) in [7, 11) is 1.17. The standard InChI is InChI=1S/C19H15NO7S/c1-10-7-11(18(23)24)3-5-13(10)14-6-4-12(27-14)8-15-17(22)20(19(25)28-15)9-16(21)26-2/h3-8H,9H2,1-2H3,(H,23,24)/b15-8-. The molecule has 1 aliphatic heterocycles. The van der Waals surface area contributed by atoms with Crippen LogP contribution in [0.1, 0.15) is 21.7 Å². The van der Waals surface area contributed by atoms with Crippen molar-refractivity contribution in [1.29, 1.82) is 0 Å². The summed E-state index contributed by atoms with van der Waals surface area (Å²) in [6, 6.07) is 7.98. The highest BCUT2D eigenvalue weighted by molar-refractivity contribution is 8.18. The van der Waals surface area contributed by atoms with Crippen LogP contribution in [0.5, 0.6) is 0 Å². The lowest BCUT2D eigenvalue weighted by Crippen LogP contribution is -2.34. The highest BCUT2D eigenvalue weighted by atomic mass is 32.2. The van der Waals surface area contributed by atoms with Crippen molar-refractivity contribution in [3.05, 3.63) is 52.1 Å². The molecular weight excluding hydrogens is 386 g/mol. The molecule has 1 aliphatic rings. The molecule has 0 spiro atoms. The Morgan fingerprint density at radius 2 is 2.00 bits per heavy atom. The fourth-order valence-corrected chi connectivity index (χ4v) is 3.43. The maximum Gasteiger partial charge on any atom is 0.335 e. The van der Waals surface area contributed by atoms with Gasteiger partial charge in [0, 0.05) is 11.6 Å². The molecule has 2 aromatic rings. The first-order valence-electron chi connectivity index (χ1n) is 8.06. The predicted molar refractivity (Wildman–Crippen MR) is 101 cm³/mol. The first-order valence-corrected chi connectivity index (χ1v) is 8.88. The molecule has 1 aromatic heterocycles. The maximum atomic E-state index is 12.3. The van der Waals surface area contributed by atoms with Gasteiger partial charge in [0.1, 0.15) is 18.1 Å². The monoisotopic (exact) mass is 401 g/mol. The fourth-order valence-electron chi connectivity index (χ4n) is 2.61. The molecule has 1 N–H and O–H groups in total. The fraction of sp³-hybridized carbons (Fsp3) is 0.158. The number of aromatic carboxylic acids is 1. The summed E-state index contributed by atoms with van der Waals surface area (Å²) >= 11 is 0.708. The molecule has 9 heteroatoms. The van der Waals surface area contributed by atoms with E-state index in [9.17, 15) is 19.2 Å². The molecular formula is C19H15NO7S. The van der Waals surface area contributed by atoms with Gasteiger partial charge in [0.2, 0.25) is 0 Å². The van der Waals surface area contributed by atoms with Crippen LogP contribution in [0, 0.1) is 6.92 Å². The number of methoxy groups -OCH3 is 1. The van der Waals surface area contributed by atoms with Gasteiger partial charge in [-0.2, -0.15) is 0 Å². The van der Waals surface area contributed by atoms with E-state index in [4.69, 9.17) is 9.52 Å². The third kappa shape index (κ3) is 3.84. The number of carboxylic acid groups (broad SMARTS) is 1. The number of amides is 2. The SMILES string of the molecule is COC(=O)CN1C(=O)S/C(=C\c2ccc(-c3ccc(C(=O)O)cc3C)o2)C1=O. The molecule has 1 aromatic carbocycles. The van der Waals surface area contributed by atoms with E-state index in [1.165, 1.54) is 25.3 Å². The Morgan fingerprint density at radius 3 is 2.64 bits per heavy atom. The van der Waals surface area contributed by atoms with Crippen molar-refractivity contribution in [2.75, 3.05) is 13.7 Å². The smallest absolute Gasteiger partial charge is 0.335 e. The third-order valence-electron chi connectivity index (χ3n) is 4.03. The van der Waals surface area contributed by atoms with Crippen LogP contribution in [-0.4, -0.2) is 46.7 Å². The first-order chi connectivity index (χ1) is 13.3. The summed E-state index contributed by atoms with van der Waals surface area (Å²) in [4.78, 5) is 47.6. The van der Waals surface area contributed by atoms with E-state index in [2.05, 4.69) is 4.74 Å². The molecule has 0 atom stereocenters. The topological polar surface area (TPSA) is 114 Å². The number of ether oxygens (including phenoxy) is 1. The number of imide groups is 1. The van der Waals surface area contributed by atoms with Gasteiger partial charge in [-0.25, -0.2) is 4.79 Å². The number of nitrogens with zero attached hydrogens (tertiary/aromatic N) is 1. The van der Waals surface area contributed by atoms with E-state index in [1.54, 1.807) is 25.1 Å². The van der Waals surface area contributed by atoms with Gasteiger partial charge in [-0.05, 0) is 48.5 Å². The van der Waals surface area contributed by atoms with Crippen molar-refractivity contribution in [2.45, 2.75) is 6.92 Å². The number of aryl methyl sites for hydroxylation is 1. The van der Waals surface area contributed by atoms with Crippen LogP contribution in [0.2, 0.25) is 0 Å². The van der Waals surface area contributed by atoms with Gasteiger partial charge in [0.25, 0.3) is 11.1 Å². The number of furan rings is 1. The van der Waals surface area contributed by atoms with Crippen LogP contribution in [0.25, 0.3) is 17.4 Å². The minimum absolute atomic E-state index is 0.132. The summed E-state index contributed by atoms with van der Waals surface area (Å²) in [6.07, 6.45) is 1.42. The molecule has 144 valence electrons. The quantitative estimate of drug-likeness (QED) is 0.600. The van der Waals surface area contributed by atoms with E-state index in [0.29, 0.717) is 28.8 Å². The van der Waals surface area contributed by atoms with Crippen molar-refractivity contribution in [3.63, 3.8) is 0 Å². The number of hydrogen-bond donors (Lipinski definition) is 1. The van der Waals surface area contributed by atoms with Crippen molar-refractivity contribution >= 4 is 40.9 Å². The highest BCUT2D eigenvalue weighted by Gasteiger charge is 2.36. The van der Waals surface area contributed by atoms with E-state index in [0.717, 1.165) is 10.5 Å². The van der Waals surface area contributed by atoms with Crippen LogP contribution in [0.15, 0.2) is 39.7 Å². The second-order valence-electron chi connectivity index (χ2n) is 5.88. The Morgan fingerprint density at radius 1 is 1.25 bits per heavy atom. The number of carboxylic acids is 1. The Labute approximate surface area is 163 Å². The number of esters is 1. The summed E-state index contributed by atoms with van der Waals surface area (Å²) in [6.45, 7) is 1.32. The molecule has 8 nitrogen and oxygen atoms in total. The summed E-state index contributed by atoms with van der Waals surface area (Å²) < 4.78 is 10.2. The van der Waals surface area contributed by atoms with Crippen LogP contribution in [0.4, 0.5) is 4.79 Å². The van der Waals surface area contributed by atoms with Gasteiger partial charge in [0.15, 0.2) is 0 Å². The Balaban J connectivity index is 1.83. The number of benzene rings is 1. The van der Waals surface area contributed by atoms with Crippen LogP contribution < -0.4 is 0 Å². The molecule has 0 saturated carbocycles. The predicted octanol–water partition coefficient (Wildman–Crippen LogP) is 3.16. The largest absolute Gasteiger partial charge is 0.478 e. The molecule has 2 amide bonds. The molecule has 0 bridgehead atoms. The van der Waals surface area contributed by atoms with Crippen molar-refractivity contribution in [1.82, 2.24) is 4.90 Å². The summed E-state index contributed by atoms with van der Waals surface area (Å²) in [5.74, 6) is -1.46. The number of carbonyl (C=O) groups is 4. The zero-order valence-electron chi connectivity index (χ0n) is 14.9. The molecule has 0 aliphatic carbocycles. The lowest BCUT2D eigenvalue weighted by molar-refractivity contribution is -0.143. The normalized spacial score (nSPS) is 15.4.